The normalized spacial score (nSPS) is 23.2. The Morgan fingerprint density at radius 2 is 2.22 bits per heavy atom. The van der Waals surface area contributed by atoms with Gasteiger partial charge in [0.15, 0.2) is 0 Å². The van der Waals surface area contributed by atoms with Crippen molar-refractivity contribution in [3.63, 3.8) is 0 Å². The number of hydrogen-bond acceptors (Lipinski definition) is 6. The Hall–Kier alpha value is -2.22. The third-order valence-corrected chi connectivity index (χ3v) is 4.26. The molecule has 3 rings (SSSR count). The van der Waals surface area contributed by atoms with E-state index < -0.39 is 17.4 Å². The fraction of sp³-hybridized carbons (Fsp3) is 0.333. The molecule has 23 heavy (non-hydrogen) atoms. The lowest BCUT2D eigenvalue weighted by molar-refractivity contribution is -0.135. The summed E-state index contributed by atoms with van der Waals surface area (Å²) in [5, 5.41) is 3.90. The summed E-state index contributed by atoms with van der Waals surface area (Å²) in [5.41, 5.74) is 2.10. The molecule has 120 valence electrons. The number of nitrogens with zero attached hydrogens (tertiary/aromatic N) is 2. The summed E-state index contributed by atoms with van der Waals surface area (Å²) in [6.45, 7) is 1.91. The third kappa shape index (κ3) is 2.63. The fourth-order valence-corrected chi connectivity index (χ4v) is 3.10. The van der Waals surface area contributed by atoms with Crippen LogP contribution < -0.4 is 10.3 Å². The van der Waals surface area contributed by atoms with E-state index >= 15 is 0 Å². The lowest BCUT2D eigenvalue weighted by Gasteiger charge is -2.21. The van der Waals surface area contributed by atoms with Crippen LogP contribution in [0, 0.1) is 0 Å². The molecule has 2 heterocycles. The van der Waals surface area contributed by atoms with Gasteiger partial charge in [-0.05, 0) is 25.1 Å². The number of nitrogens with one attached hydrogen (secondary N) is 1. The van der Waals surface area contributed by atoms with Gasteiger partial charge in [-0.1, -0.05) is 22.0 Å². The van der Waals surface area contributed by atoms with E-state index in [0.29, 0.717) is 5.69 Å². The molecule has 0 aromatic heterocycles. The van der Waals surface area contributed by atoms with E-state index in [0.717, 1.165) is 9.37 Å². The van der Waals surface area contributed by atoms with Gasteiger partial charge >= 0.3 is 5.97 Å². The summed E-state index contributed by atoms with van der Waals surface area (Å²) in [5.74, 6) is -1.32. The number of carbonyl (C=O) groups is 3. The lowest BCUT2D eigenvalue weighted by Crippen LogP contribution is -2.47. The summed E-state index contributed by atoms with van der Waals surface area (Å²) in [7, 11) is 0. The van der Waals surface area contributed by atoms with Crippen LogP contribution in [0.5, 0.6) is 0 Å². The highest BCUT2D eigenvalue weighted by molar-refractivity contribution is 9.10. The van der Waals surface area contributed by atoms with Crippen molar-refractivity contribution in [2.75, 3.05) is 11.5 Å². The number of esters is 1. The minimum Gasteiger partial charge on any atom is -0.461 e. The molecule has 2 amide bonds. The van der Waals surface area contributed by atoms with Gasteiger partial charge in [0.05, 0.1) is 18.7 Å². The van der Waals surface area contributed by atoms with Crippen molar-refractivity contribution < 1.29 is 19.1 Å². The SMILES string of the molecule is CCOC(=O)C1=NN[C@]2(CC(=O)N(c3cccc(Br)c3)C2=O)C1. The van der Waals surface area contributed by atoms with Crippen LogP contribution in [0.2, 0.25) is 0 Å². The average Bonchev–Trinajstić information content (AvgIpc) is 3.02. The molecule has 0 aliphatic carbocycles. The predicted octanol–water partition coefficient (Wildman–Crippen LogP) is 1.36. The second-order valence-corrected chi connectivity index (χ2v) is 6.26. The Labute approximate surface area is 140 Å². The molecule has 1 N–H and O–H groups in total. The highest BCUT2D eigenvalue weighted by Gasteiger charge is 2.56. The average molecular weight is 380 g/mol. The van der Waals surface area contributed by atoms with E-state index in [1.807, 2.05) is 0 Å². The summed E-state index contributed by atoms with van der Waals surface area (Å²) in [6, 6.07) is 6.92. The van der Waals surface area contributed by atoms with Crippen LogP contribution in [-0.4, -0.2) is 35.6 Å². The summed E-state index contributed by atoms with van der Waals surface area (Å²) in [4.78, 5) is 38.0. The first kappa shape index (κ1) is 15.7. The molecule has 1 atom stereocenters. The van der Waals surface area contributed by atoms with Gasteiger partial charge in [-0.3, -0.25) is 15.0 Å². The quantitative estimate of drug-likeness (QED) is 0.632. The van der Waals surface area contributed by atoms with E-state index in [-0.39, 0.29) is 31.1 Å². The van der Waals surface area contributed by atoms with Crippen molar-refractivity contribution in [3.05, 3.63) is 28.7 Å². The third-order valence-electron chi connectivity index (χ3n) is 3.77. The molecule has 1 aromatic carbocycles. The number of halogens is 1. The van der Waals surface area contributed by atoms with Gasteiger partial charge in [0.2, 0.25) is 5.91 Å². The number of anilines is 1. The first-order valence-electron chi connectivity index (χ1n) is 7.10. The smallest absolute Gasteiger partial charge is 0.354 e. The van der Waals surface area contributed by atoms with Crippen LogP contribution in [0.1, 0.15) is 19.8 Å². The van der Waals surface area contributed by atoms with Gasteiger partial charge in [0, 0.05) is 10.9 Å². The molecular weight excluding hydrogens is 366 g/mol. The minimum atomic E-state index is -1.19. The monoisotopic (exact) mass is 379 g/mol. The standard InChI is InChI=1S/C15H14BrN3O4/c1-2-23-13(21)11-7-15(18-17-11)8-12(20)19(14(15)22)10-5-3-4-9(16)6-10/h3-6,18H,2,7-8H2,1H3/t15-/m0/s1. The first-order chi connectivity index (χ1) is 11.0. The van der Waals surface area contributed by atoms with Crippen molar-refractivity contribution in [1.29, 1.82) is 0 Å². The van der Waals surface area contributed by atoms with Crippen molar-refractivity contribution >= 4 is 45.1 Å². The zero-order valence-electron chi connectivity index (χ0n) is 12.3. The van der Waals surface area contributed by atoms with E-state index in [9.17, 15) is 14.4 Å². The highest BCUT2D eigenvalue weighted by Crippen LogP contribution is 2.35. The van der Waals surface area contributed by atoms with Gasteiger partial charge in [-0.25, -0.2) is 9.69 Å². The molecule has 8 heteroatoms. The Bertz CT molecular complexity index is 733. The largest absolute Gasteiger partial charge is 0.461 e. The highest BCUT2D eigenvalue weighted by atomic mass is 79.9. The molecule has 0 bridgehead atoms. The maximum atomic E-state index is 12.8. The fourth-order valence-electron chi connectivity index (χ4n) is 2.71. The molecule has 0 saturated carbocycles. The molecule has 1 spiro atoms. The summed E-state index contributed by atoms with van der Waals surface area (Å²) in [6.07, 6.45) is -0.00827. The maximum absolute atomic E-state index is 12.8. The van der Waals surface area contributed by atoms with Gasteiger partial charge in [0.25, 0.3) is 5.91 Å². The molecule has 1 aromatic rings. The molecule has 0 radical (unpaired) electrons. The van der Waals surface area contributed by atoms with Crippen LogP contribution in [-0.2, 0) is 19.1 Å². The Morgan fingerprint density at radius 3 is 2.91 bits per heavy atom. The molecule has 2 aliphatic rings. The molecule has 0 unspecified atom stereocenters. The summed E-state index contributed by atoms with van der Waals surface area (Å²) < 4.78 is 5.66. The van der Waals surface area contributed by atoms with Crippen LogP contribution in [0.15, 0.2) is 33.8 Å². The zero-order chi connectivity index (χ0) is 16.6. The van der Waals surface area contributed by atoms with Crippen LogP contribution in [0.3, 0.4) is 0 Å². The Kier molecular flexibility index (Phi) is 3.93. The van der Waals surface area contributed by atoms with Gasteiger partial charge in [-0.2, -0.15) is 5.10 Å². The van der Waals surface area contributed by atoms with E-state index in [4.69, 9.17) is 4.74 Å². The van der Waals surface area contributed by atoms with Crippen LogP contribution in [0.4, 0.5) is 5.69 Å². The maximum Gasteiger partial charge on any atom is 0.354 e. The van der Waals surface area contributed by atoms with E-state index in [1.165, 1.54) is 0 Å². The van der Waals surface area contributed by atoms with Crippen molar-refractivity contribution in [2.24, 2.45) is 5.10 Å². The minimum absolute atomic E-state index is 0.0426. The molecule has 7 nitrogen and oxygen atoms in total. The molecular formula is C15H14BrN3O4. The van der Waals surface area contributed by atoms with Crippen LogP contribution in [0.25, 0.3) is 0 Å². The zero-order valence-corrected chi connectivity index (χ0v) is 13.9. The number of carbonyl (C=O) groups excluding carboxylic acids is 3. The van der Waals surface area contributed by atoms with Gasteiger partial charge < -0.3 is 4.74 Å². The number of hydrogen-bond donors (Lipinski definition) is 1. The number of imide groups is 1. The molecule has 1 fully saturated rings. The lowest BCUT2D eigenvalue weighted by atomic mass is 9.93. The van der Waals surface area contributed by atoms with E-state index in [2.05, 4.69) is 26.5 Å². The number of amides is 2. The van der Waals surface area contributed by atoms with Crippen molar-refractivity contribution in [2.45, 2.75) is 25.3 Å². The van der Waals surface area contributed by atoms with Crippen molar-refractivity contribution in [3.8, 4) is 0 Å². The van der Waals surface area contributed by atoms with E-state index in [1.54, 1.807) is 31.2 Å². The topological polar surface area (TPSA) is 88.1 Å². The number of hydrazone groups is 1. The molecule has 1 saturated heterocycles. The van der Waals surface area contributed by atoms with Crippen LogP contribution >= 0.6 is 15.9 Å². The Balaban J connectivity index is 1.84. The van der Waals surface area contributed by atoms with Gasteiger partial charge in [0.1, 0.15) is 11.3 Å². The number of ether oxygens (including phenoxy) is 1. The molecule has 2 aliphatic heterocycles. The second kappa shape index (κ2) is 5.77. The van der Waals surface area contributed by atoms with Gasteiger partial charge in [-0.15, -0.1) is 0 Å². The van der Waals surface area contributed by atoms with Crippen molar-refractivity contribution in [1.82, 2.24) is 5.43 Å². The Morgan fingerprint density at radius 1 is 1.43 bits per heavy atom. The second-order valence-electron chi connectivity index (χ2n) is 5.34. The first-order valence-corrected chi connectivity index (χ1v) is 7.90. The predicted molar refractivity (Wildman–Crippen MR) is 85.8 cm³/mol. The summed E-state index contributed by atoms with van der Waals surface area (Å²) >= 11 is 3.32. The number of rotatable bonds is 3. The number of benzene rings is 1.